The molecule has 0 heterocycles. The molecule has 0 unspecified atom stereocenters. The molecule has 2 nitrogen and oxygen atoms in total. The van der Waals surface area contributed by atoms with Crippen LogP contribution < -0.4 is 0 Å². The molecule has 0 rings (SSSR count). The number of hydrogen-bond acceptors (Lipinski definition) is 2. The second kappa shape index (κ2) is 13.6. The van der Waals surface area contributed by atoms with Crippen LogP contribution in [-0.4, -0.2) is 17.8 Å². The third-order valence-electron chi connectivity index (χ3n) is 1.93. The van der Waals surface area contributed by atoms with Crippen LogP contribution in [0.25, 0.3) is 0 Å². The molecule has 0 spiro atoms. The van der Waals surface area contributed by atoms with Gasteiger partial charge in [0, 0.05) is 28.3 Å². The molecule has 0 bridgehead atoms. The zero-order chi connectivity index (χ0) is 9.94. The Morgan fingerprint density at radius 2 is 1.64 bits per heavy atom. The van der Waals surface area contributed by atoms with Crippen LogP contribution in [0.3, 0.4) is 0 Å². The molecule has 84 valence electrons. The predicted octanol–water partition coefficient (Wildman–Crippen LogP) is 3.28. The molecule has 0 fully saturated rings. The fraction of sp³-hybridized carbons (Fsp3) is 0.909. The van der Waals surface area contributed by atoms with Gasteiger partial charge in [0.15, 0.2) is 0 Å². The molecule has 14 heavy (non-hydrogen) atoms. The van der Waals surface area contributed by atoms with Crippen LogP contribution in [0.1, 0.15) is 52.4 Å². The summed E-state index contributed by atoms with van der Waals surface area (Å²) in [7, 11) is 0. The number of aliphatic hydroxyl groups excluding tert-OH is 1. The van der Waals surface area contributed by atoms with Crippen molar-refractivity contribution in [3.8, 4) is 0 Å². The quantitative estimate of drug-likeness (QED) is 0.377. The molecule has 0 aromatic heterocycles. The van der Waals surface area contributed by atoms with E-state index in [-0.39, 0.29) is 21.7 Å². The van der Waals surface area contributed by atoms with Crippen LogP contribution in [-0.2, 0) is 26.5 Å². The van der Waals surface area contributed by atoms with Crippen molar-refractivity contribution in [3.63, 3.8) is 0 Å². The van der Waals surface area contributed by atoms with Gasteiger partial charge in [0.1, 0.15) is 0 Å². The van der Waals surface area contributed by atoms with Crippen molar-refractivity contribution < 1.29 is 31.6 Å². The Labute approximate surface area is 103 Å². The minimum absolute atomic E-state index is 0. The van der Waals surface area contributed by atoms with E-state index >= 15 is 0 Å². The first-order valence-corrected chi connectivity index (χ1v) is 5.35. The summed E-state index contributed by atoms with van der Waals surface area (Å²) < 4.78 is 5.42. The Bertz CT molecular complexity index is 97.3. The third-order valence-corrected chi connectivity index (χ3v) is 1.93. The first-order chi connectivity index (χ1) is 6.27. The molecule has 3 heteroatoms. The Kier molecular flexibility index (Phi) is 16.6. The van der Waals surface area contributed by atoms with Gasteiger partial charge < -0.3 is 9.84 Å². The maximum atomic E-state index is 8.42. The molecule has 0 aliphatic carbocycles. The maximum absolute atomic E-state index is 8.42. The number of rotatable bonds is 9. The Balaban J connectivity index is 0. The molecule has 0 aliphatic heterocycles. The van der Waals surface area contributed by atoms with Crippen molar-refractivity contribution in [1.82, 2.24) is 0 Å². The van der Waals surface area contributed by atoms with E-state index in [0.717, 1.165) is 19.4 Å². The van der Waals surface area contributed by atoms with E-state index in [0.29, 0.717) is 6.10 Å². The van der Waals surface area contributed by atoms with Gasteiger partial charge in [-0.2, -0.15) is 6.42 Å². The van der Waals surface area contributed by atoms with E-state index in [9.17, 15) is 0 Å². The van der Waals surface area contributed by atoms with Gasteiger partial charge >= 0.3 is 0 Å². The normalized spacial score (nSPS) is 10.3. The van der Waals surface area contributed by atoms with E-state index in [2.05, 4.69) is 13.8 Å². The molecular weight excluding hydrogens is 212 g/mol. The zero-order valence-electron chi connectivity index (χ0n) is 9.46. The maximum Gasteiger partial charge on any atom is 0.0518 e. The van der Waals surface area contributed by atoms with E-state index in [1.165, 1.54) is 32.3 Å². The average molecular weight is 235 g/mol. The minimum Gasteiger partial charge on any atom is -0.566 e. The molecule has 0 amide bonds. The van der Waals surface area contributed by atoms with E-state index in [1.54, 1.807) is 0 Å². The molecular formula is C11H23O2Ti-. The summed E-state index contributed by atoms with van der Waals surface area (Å²) in [5, 5.41) is 8.42. The van der Waals surface area contributed by atoms with E-state index < -0.39 is 0 Å². The SMILES string of the molecule is CC(C)OCCCCCCC[CH-]O.[Ti]. The van der Waals surface area contributed by atoms with Crippen molar-refractivity contribution in [2.75, 3.05) is 6.61 Å². The van der Waals surface area contributed by atoms with Gasteiger partial charge in [-0.05, 0) is 20.3 Å². The van der Waals surface area contributed by atoms with Crippen molar-refractivity contribution in [1.29, 1.82) is 0 Å². The van der Waals surface area contributed by atoms with Crippen molar-refractivity contribution >= 4 is 0 Å². The third kappa shape index (κ3) is 15.1. The molecule has 0 saturated carbocycles. The summed E-state index contributed by atoms with van der Waals surface area (Å²) in [6.45, 7) is 6.28. The number of ether oxygens (including phenoxy) is 1. The van der Waals surface area contributed by atoms with Crippen LogP contribution in [0.2, 0.25) is 0 Å². The molecule has 0 aliphatic rings. The van der Waals surface area contributed by atoms with Gasteiger partial charge in [0.2, 0.25) is 0 Å². The van der Waals surface area contributed by atoms with E-state index in [1.807, 2.05) is 0 Å². The van der Waals surface area contributed by atoms with Crippen LogP contribution in [0.4, 0.5) is 0 Å². The van der Waals surface area contributed by atoms with Gasteiger partial charge in [-0.3, -0.25) is 0 Å². The smallest absolute Gasteiger partial charge is 0.0518 e. The summed E-state index contributed by atoms with van der Waals surface area (Å²) in [5.74, 6) is 0. The monoisotopic (exact) mass is 235 g/mol. The first kappa shape index (κ1) is 17.0. The van der Waals surface area contributed by atoms with Gasteiger partial charge in [0.25, 0.3) is 0 Å². The molecule has 0 saturated heterocycles. The molecule has 1 N–H and O–H groups in total. The Hall–Kier alpha value is 0.634. The fourth-order valence-electron chi connectivity index (χ4n) is 1.19. The molecule has 0 atom stereocenters. The summed E-state index contributed by atoms with van der Waals surface area (Å²) in [5.41, 5.74) is 0. The van der Waals surface area contributed by atoms with Gasteiger partial charge in [-0.15, -0.1) is 0 Å². The minimum atomic E-state index is 0. The zero-order valence-corrected chi connectivity index (χ0v) is 11.0. The summed E-state index contributed by atoms with van der Waals surface area (Å²) in [6.07, 6.45) is 7.21. The number of hydrogen-bond donors (Lipinski definition) is 1. The molecule has 0 aromatic rings. The standard InChI is InChI=1S/C11H23O2.Ti/c1-11(2)13-10-8-6-4-3-5-7-9-12;/h9,11-12H,3-8,10H2,1-2H3;/q-1;. The number of unbranched alkanes of at least 4 members (excludes halogenated alkanes) is 5. The Morgan fingerprint density at radius 1 is 1.07 bits per heavy atom. The predicted molar refractivity (Wildman–Crippen MR) is 55.0 cm³/mol. The Morgan fingerprint density at radius 3 is 2.21 bits per heavy atom. The van der Waals surface area contributed by atoms with Crippen LogP contribution in [0.5, 0.6) is 0 Å². The summed E-state index contributed by atoms with van der Waals surface area (Å²) in [4.78, 5) is 0. The van der Waals surface area contributed by atoms with Crippen molar-refractivity contribution in [2.45, 2.75) is 58.5 Å². The van der Waals surface area contributed by atoms with E-state index in [4.69, 9.17) is 9.84 Å². The second-order valence-electron chi connectivity index (χ2n) is 3.66. The van der Waals surface area contributed by atoms with Crippen molar-refractivity contribution in [3.05, 3.63) is 6.61 Å². The average Bonchev–Trinajstić information content (AvgIpc) is 2.09. The van der Waals surface area contributed by atoms with Crippen LogP contribution >= 0.6 is 0 Å². The molecule has 0 aromatic carbocycles. The topological polar surface area (TPSA) is 29.5 Å². The largest absolute Gasteiger partial charge is 0.566 e. The molecule has 0 radical (unpaired) electrons. The van der Waals surface area contributed by atoms with Crippen LogP contribution in [0.15, 0.2) is 0 Å². The van der Waals surface area contributed by atoms with Crippen molar-refractivity contribution in [2.24, 2.45) is 0 Å². The van der Waals surface area contributed by atoms with Gasteiger partial charge in [-0.1, -0.05) is 25.7 Å². The first-order valence-electron chi connectivity index (χ1n) is 5.35. The van der Waals surface area contributed by atoms with Gasteiger partial charge in [-0.25, -0.2) is 6.61 Å². The van der Waals surface area contributed by atoms with Crippen LogP contribution in [0, 0.1) is 6.61 Å². The summed E-state index contributed by atoms with van der Waals surface area (Å²) >= 11 is 0. The summed E-state index contributed by atoms with van der Waals surface area (Å²) in [6, 6.07) is 0. The second-order valence-corrected chi connectivity index (χ2v) is 3.66. The fourth-order valence-corrected chi connectivity index (χ4v) is 1.19. The van der Waals surface area contributed by atoms with Gasteiger partial charge in [0.05, 0.1) is 6.10 Å². The number of aliphatic hydroxyl groups is 1.